The minimum absolute atomic E-state index is 0. The summed E-state index contributed by atoms with van der Waals surface area (Å²) in [7, 11) is 5.87. The van der Waals surface area contributed by atoms with E-state index in [2.05, 4.69) is 30.8 Å². The Labute approximate surface area is 171 Å². The van der Waals surface area contributed by atoms with Gasteiger partial charge in [-0.1, -0.05) is 0 Å². The van der Waals surface area contributed by atoms with Crippen LogP contribution in [0.25, 0.3) is 10.3 Å². The molecule has 0 unspecified atom stereocenters. The SMILES string of the molecule is CN1C=CN(B2[N-]B(OB3[N-]B(N4C=CN(C)[CH-]4)N[B]N3)N[B]N2)[CH-]1.[Pt+4]. The monoisotopic (exact) mass is 529 g/mol. The summed E-state index contributed by atoms with van der Waals surface area (Å²) in [5.41, 5.74) is 0. The van der Waals surface area contributed by atoms with E-state index in [0.717, 1.165) is 0 Å². The van der Waals surface area contributed by atoms with E-state index >= 15 is 0 Å². The second kappa shape index (κ2) is 9.11. The van der Waals surface area contributed by atoms with Crippen molar-refractivity contribution in [2.75, 3.05) is 14.1 Å². The molecule has 2 radical (unpaired) electrons. The van der Waals surface area contributed by atoms with Crippen molar-refractivity contribution in [3.63, 3.8) is 0 Å². The van der Waals surface area contributed by atoms with Crippen LogP contribution in [0.15, 0.2) is 24.8 Å². The van der Waals surface area contributed by atoms with Gasteiger partial charge in [0.25, 0.3) is 15.1 Å². The van der Waals surface area contributed by atoms with Gasteiger partial charge in [-0.25, -0.2) is 0 Å². The summed E-state index contributed by atoms with van der Waals surface area (Å²) >= 11 is 0. The molecule has 132 valence electrons. The van der Waals surface area contributed by atoms with Gasteiger partial charge in [0.15, 0.2) is 14.2 Å². The first-order chi connectivity index (χ1) is 12.2. The van der Waals surface area contributed by atoms with Gasteiger partial charge in [0.1, 0.15) is 0 Å². The van der Waals surface area contributed by atoms with Gasteiger partial charge in [-0.05, 0) is 38.9 Å². The average molecular weight is 528 g/mol. The molecule has 4 aliphatic rings. The molecule has 18 heteroatoms. The van der Waals surface area contributed by atoms with E-state index in [4.69, 9.17) is 4.57 Å². The third kappa shape index (κ3) is 4.85. The van der Waals surface area contributed by atoms with Crippen molar-refractivity contribution in [2.45, 2.75) is 0 Å². The fourth-order valence-electron chi connectivity index (χ4n) is 2.64. The van der Waals surface area contributed by atoms with Gasteiger partial charge in [-0.2, -0.15) is 13.3 Å². The summed E-state index contributed by atoms with van der Waals surface area (Å²) in [6.45, 7) is 3.89. The molecule has 0 atom stereocenters. The third-order valence-corrected chi connectivity index (χ3v) is 3.87. The summed E-state index contributed by atoms with van der Waals surface area (Å²) in [6.07, 6.45) is 7.80. The minimum Gasteiger partial charge on any atom is -0.640 e. The average Bonchev–Trinajstić information content (AvgIpc) is 3.24. The molecule has 0 aliphatic carbocycles. The van der Waals surface area contributed by atoms with Gasteiger partial charge in [0, 0.05) is 0 Å². The zero-order valence-electron chi connectivity index (χ0n) is 14.3. The fraction of sp³-hybridized carbons (Fsp3) is 0.250. The zero-order chi connectivity index (χ0) is 17.2. The summed E-state index contributed by atoms with van der Waals surface area (Å²) in [5.74, 6) is 0. The molecule has 4 N–H and O–H groups in total. The Morgan fingerprint density at radius 2 is 1.27 bits per heavy atom. The van der Waals surface area contributed by atoms with Crippen molar-refractivity contribution in [2.24, 2.45) is 0 Å². The molecular weight excluding hydrogens is 512 g/mol. The van der Waals surface area contributed by atoms with Crippen LogP contribution in [0.2, 0.25) is 0 Å². The molecule has 0 aromatic carbocycles. The molecule has 0 amide bonds. The second-order valence-corrected chi connectivity index (χ2v) is 5.89. The molecule has 0 spiro atoms. The molecular formula is C8H16B6N10OPt. The predicted octanol–water partition coefficient (Wildman–Crippen LogP) is -3.18. The van der Waals surface area contributed by atoms with Gasteiger partial charge in [-0.15, -0.1) is 0 Å². The third-order valence-electron chi connectivity index (χ3n) is 3.87. The van der Waals surface area contributed by atoms with E-state index in [1.165, 1.54) is 0 Å². The first-order valence-corrected chi connectivity index (χ1v) is 7.96. The van der Waals surface area contributed by atoms with Crippen molar-refractivity contribution in [1.29, 1.82) is 0 Å². The topological polar surface area (TPSA) is 98.5 Å². The molecule has 26 heavy (non-hydrogen) atoms. The van der Waals surface area contributed by atoms with Crippen LogP contribution in [0.4, 0.5) is 0 Å². The van der Waals surface area contributed by atoms with Crippen LogP contribution in [0.1, 0.15) is 0 Å². The first kappa shape index (κ1) is 20.2. The summed E-state index contributed by atoms with van der Waals surface area (Å²) in [5, 5.41) is 21.5. The quantitative estimate of drug-likeness (QED) is 0.223. The van der Waals surface area contributed by atoms with E-state index in [0.29, 0.717) is 0 Å². The Morgan fingerprint density at radius 3 is 1.65 bits per heavy atom. The van der Waals surface area contributed by atoms with Crippen LogP contribution in [0.3, 0.4) is 0 Å². The molecule has 2 saturated heterocycles. The van der Waals surface area contributed by atoms with Crippen LogP contribution >= 0.6 is 0 Å². The Kier molecular flexibility index (Phi) is 7.09. The smallest absolute Gasteiger partial charge is 0.640 e. The van der Waals surface area contributed by atoms with E-state index in [1.54, 1.807) is 15.1 Å². The van der Waals surface area contributed by atoms with E-state index in [-0.39, 0.29) is 35.3 Å². The Balaban J connectivity index is 0.00000196. The molecule has 11 nitrogen and oxygen atoms in total. The molecule has 2 fully saturated rings. The van der Waals surface area contributed by atoms with Gasteiger partial charge in [-0.3, -0.25) is 0 Å². The van der Waals surface area contributed by atoms with Crippen LogP contribution in [-0.4, -0.2) is 77.2 Å². The Hall–Kier alpha value is -0.522. The normalized spacial score (nSPS) is 22.8. The molecule has 0 aromatic rings. The van der Waals surface area contributed by atoms with Crippen LogP contribution in [-0.2, 0) is 25.6 Å². The predicted molar refractivity (Wildman–Crippen MR) is 101 cm³/mol. The fourth-order valence-corrected chi connectivity index (χ4v) is 2.64. The molecule has 0 saturated carbocycles. The zero-order valence-corrected chi connectivity index (χ0v) is 16.6. The van der Waals surface area contributed by atoms with Crippen LogP contribution in [0.5, 0.6) is 0 Å². The maximum atomic E-state index is 5.91. The van der Waals surface area contributed by atoms with E-state index in [9.17, 15) is 0 Å². The van der Waals surface area contributed by atoms with Gasteiger partial charge in [0.05, 0.1) is 0 Å². The van der Waals surface area contributed by atoms with Gasteiger partial charge >= 0.3 is 21.1 Å². The van der Waals surface area contributed by atoms with Crippen LogP contribution in [0, 0.1) is 13.3 Å². The number of hydrogen-bond acceptors (Lipinski definition) is 9. The number of nitrogens with zero attached hydrogens (tertiary/aromatic N) is 6. The molecule has 0 bridgehead atoms. The summed E-state index contributed by atoms with van der Waals surface area (Å²) in [6, 6.07) is 0. The van der Waals surface area contributed by atoms with E-state index in [1.807, 2.05) is 71.7 Å². The molecule has 4 rings (SSSR count). The molecule has 4 heterocycles. The minimum atomic E-state index is -0.520. The number of hydrogen-bond donors (Lipinski definition) is 4. The standard InChI is InChI=1S/C8H16B6N10O.Pt/c1-21-3-5-23(7-21)11-15-9-17-13(19-11)25-14-18-10-16-12(20-14)24-6-4-22(2)8-24;/h3-8,15-18H,1-2H3;/q-4;+4. The first-order valence-electron chi connectivity index (χ1n) is 7.96. The maximum Gasteiger partial charge on any atom is 4.00 e. The Morgan fingerprint density at radius 1 is 0.808 bits per heavy atom. The molecule has 0 aromatic heterocycles. The Bertz CT molecular complexity index is 492. The summed E-state index contributed by atoms with van der Waals surface area (Å²) < 4.78 is 5.91. The van der Waals surface area contributed by atoms with Crippen LogP contribution < -0.4 is 20.6 Å². The van der Waals surface area contributed by atoms with Crippen molar-refractivity contribution in [3.8, 4) is 0 Å². The second-order valence-electron chi connectivity index (χ2n) is 5.89. The maximum absolute atomic E-state index is 5.91. The van der Waals surface area contributed by atoms with Crippen molar-refractivity contribution >= 4 is 43.7 Å². The van der Waals surface area contributed by atoms with E-state index < -0.39 is 14.4 Å². The van der Waals surface area contributed by atoms with Gasteiger partial charge < -0.3 is 54.8 Å². The molecule has 4 aliphatic heterocycles. The summed E-state index contributed by atoms with van der Waals surface area (Å²) in [4.78, 5) is 7.82. The number of nitrogens with one attached hydrogen (secondary N) is 4. The van der Waals surface area contributed by atoms with Crippen molar-refractivity contribution < 1.29 is 25.6 Å². The largest absolute Gasteiger partial charge is 4.00 e. The van der Waals surface area contributed by atoms with Crippen molar-refractivity contribution in [1.82, 2.24) is 40.0 Å². The van der Waals surface area contributed by atoms with Gasteiger partial charge in [0.2, 0.25) is 14.4 Å². The number of rotatable bonds is 4. The van der Waals surface area contributed by atoms with Crippen molar-refractivity contribution in [3.05, 3.63) is 48.4 Å².